The molecule has 2 fully saturated rings. The van der Waals surface area contributed by atoms with Gasteiger partial charge in [0.15, 0.2) is 15.8 Å². The van der Waals surface area contributed by atoms with Gasteiger partial charge >= 0.3 is 0 Å². The van der Waals surface area contributed by atoms with Crippen molar-refractivity contribution >= 4 is 39.0 Å². The van der Waals surface area contributed by atoms with Gasteiger partial charge in [-0.25, -0.2) is 13.4 Å². The lowest BCUT2D eigenvalue weighted by Gasteiger charge is -2.15. The zero-order valence-corrected chi connectivity index (χ0v) is 15.6. The van der Waals surface area contributed by atoms with Gasteiger partial charge in [-0.3, -0.25) is 0 Å². The SMILES string of the molecule is O=S1(=O)CCC(CNC(=NCc2ccc(Cl)cc2Cl)NC2CC2)C1. The lowest BCUT2D eigenvalue weighted by Crippen LogP contribution is -2.41. The number of benzene rings is 1. The standard InChI is InChI=1S/C16H21Cl2N3O2S/c17-13-2-1-12(15(18)7-13)9-20-16(21-14-3-4-14)19-8-11-5-6-24(22,23)10-11/h1-2,7,11,14H,3-6,8-10H2,(H2,19,20,21). The topological polar surface area (TPSA) is 70.6 Å². The Morgan fingerprint density at radius 3 is 2.67 bits per heavy atom. The van der Waals surface area contributed by atoms with Crippen LogP contribution in [0.2, 0.25) is 10.0 Å². The maximum absolute atomic E-state index is 11.6. The van der Waals surface area contributed by atoms with E-state index in [0.29, 0.717) is 40.9 Å². The number of hydrogen-bond donors (Lipinski definition) is 2. The van der Waals surface area contributed by atoms with Crippen LogP contribution in [-0.4, -0.2) is 38.5 Å². The van der Waals surface area contributed by atoms with E-state index >= 15 is 0 Å². The summed E-state index contributed by atoms with van der Waals surface area (Å²) in [7, 11) is -2.85. The number of nitrogens with zero attached hydrogens (tertiary/aromatic N) is 1. The molecule has 0 amide bonds. The van der Waals surface area contributed by atoms with Gasteiger partial charge in [0.25, 0.3) is 0 Å². The van der Waals surface area contributed by atoms with Gasteiger partial charge in [0.05, 0.1) is 18.1 Å². The molecule has 1 aromatic rings. The first-order valence-electron chi connectivity index (χ1n) is 8.10. The monoisotopic (exact) mass is 389 g/mol. The fourth-order valence-corrected chi connectivity index (χ4v) is 4.99. The van der Waals surface area contributed by atoms with Crippen LogP contribution in [0.4, 0.5) is 0 Å². The van der Waals surface area contributed by atoms with Gasteiger partial charge in [0, 0.05) is 22.6 Å². The molecule has 1 aromatic carbocycles. The minimum absolute atomic E-state index is 0.153. The van der Waals surface area contributed by atoms with E-state index in [1.165, 1.54) is 0 Å². The summed E-state index contributed by atoms with van der Waals surface area (Å²) in [5.41, 5.74) is 0.904. The second kappa shape index (κ2) is 7.50. The number of hydrogen-bond acceptors (Lipinski definition) is 3. The molecule has 132 valence electrons. The average molecular weight is 390 g/mol. The van der Waals surface area contributed by atoms with Crippen molar-refractivity contribution in [3.63, 3.8) is 0 Å². The second-order valence-corrected chi connectivity index (χ2v) is 9.54. The van der Waals surface area contributed by atoms with Gasteiger partial charge in [-0.15, -0.1) is 0 Å². The van der Waals surface area contributed by atoms with Crippen LogP contribution in [0.1, 0.15) is 24.8 Å². The molecule has 1 aliphatic heterocycles. The summed E-state index contributed by atoms with van der Waals surface area (Å²) >= 11 is 12.1. The van der Waals surface area contributed by atoms with Crippen LogP contribution in [-0.2, 0) is 16.4 Å². The predicted molar refractivity (Wildman–Crippen MR) is 98.5 cm³/mol. The Bertz CT molecular complexity index is 733. The van der Waals surface area contributed by atoms with E-state index in [1.54, 1.807) is 12.1 Å². The molecule has 8 heteroatoms. The molecule has 0 bridgehead atoms. The number of aliphatic imine (C=N–C) groups is 1. The Balaban J connectivity index is 1.60. The van der Waals surface area contributed by atoms with E-state index in [4.69, 9.17) is 23.2 Å². The second-order valence-electron chi connectivity index (χ2n) is 6.47. The molecule has 3 rings (SSSR count). The number of halogens is 2. The van der Waals surface area contributed by atoms with Crippen molar-refractivity contribution in [2.45, 2.75) is 31.8 Å². The minimum Gasteiger partial charge on any atom is -0.356 e. The fraction of sp³-hybridized carbons (Fsp3) is 0.562. The third kappa shape index (κ3) is 5.26. The highest BCUT2D eigenvalue weighted by Gasteiger charge is 2.28. The Labute approximate surface area is 152 Å². The summed E-state index contributed by atoms with van der Waals surface area (Å²) in [6, 6.07) is 5.83. The van der Waals surface area contributed by atoms with Crippen molar-refractivity contribution in [3.05, 3.63) is 33.8 Å². The van der Waals surface area contributed by atoms with Crippen molar-refractivity contribution < 1.29 is 8.42 Å². The number of guanidine groups is 1. The molecule has 2 aliphatic rings. The quantitative estimate of drug-likeness (QED) is 0.599. The summed E-state index contributed by atoms with van der Waals surface area (Å²) in [6.45, 7) is 1.06. The van der Waals surface area contributed by atoms with Gasteiger partial charge in [-0.05, 0) is 42.9 Å². The predicted octanol–water partition coefficient (Wildman–Crippen LogP) is 2.63. The molecular weight excluding hydrogens is 369 g/mol. The molecule has 24 heavy (non-hydrogen) atoms. The summed E-state index contributed by atoms with van der Waals surface area (Å²) in [6.07, 6.45) is 3.00. The molecule has 0 spiro atoms. The van der Waals surface area contributed by atoms with E-state index in [9.17, 15) is 8.42 Å². The number of rotatable bonds is 5. The minimum atomic E-state index is -2.85. The molecule has 0 radical (unpaired) electrons. The molecule has 1 saturated heterocycles. The van der Waals surface area contributed by atoms with Gasteiger partial charge in [0.1, 0.15) is 0 Å². The molecule has 5 nitrogen and oxygen atoms in total. The largest absolute Gasteiger partial charge is 0.356 e. The molecule has 1 unspecified atom stereocenters. The molecule has 2 N–H and O–H groups in total. The Morgan fingerprint density at radius 1 is 1.25 bits per heavy atom. The third-order valence-corrected chi connectivity index (χ3v) is 6.65. The van der Waals surface area contributed by atoms with Crippen LogP contribution in [0.15, 0.2) is 23.2 Å². The molecular formula is C16H21Cl2N3O2S. The van der Waals surface area contributed by atoms with E-state index in [-0.39, 0.29) is 11.7 Å². The van der Waals surface area contributed by atoms with E-state index < -0.39 is 9.84 Å². The lowest BCUT2D eigenvalue weighted by molar-refractivity contribution is 0.566. The Hall–Kier alpha value is -0.980. The maximum Gasteiger partial charge on any atom is 0.191 e. The van der Waals surface area contributed by atoms with Crippen LogP contribution >= 0.6 is 23.2 Å². The molecule has 1 aliphatic carbocycles. The van der Waals surface area contributed by atoms with Gasteiger partial charge < -0.3 is 10.6 Å². The van der Waals surface area contributed by atoms with Crippen molar-refractivity contribution in [1.29, 1.82) is 0 Å². The normalized spacial score (nSPS) is 23.2. The third-order valence-electron chi connectivity index (χ3n) is 4.23. The summed E-state index contributed by atoms with van der Waals surface area (Å²) in [4.78, 5) is 4.58. The van der Waals surface area contributed by atoms with Crippen molar-refractivity contribution in [3.8, 4) is 0 Å². The molecule has 1 saturated carbocycles. The highest BCUT2D eigenvalue weighted by Crippen LogP contribution is 2.22. The maximum atomic E-state index is 11.6. The van der Waals surface area contributed by atoms with Crippen LogP contribution in [0.3, 0.4) is 0 Å². The van der Waals surface area contributed by atoms with Crippen LogP contribution in [0.5, 0.6) is 0 Å². The fourth-order valence-electron chi connectivity index (χ4n) is 2.66. The molecule has 1 heterocycles. The van der Waals surface area contributed by atoms with Crippen molar-refractivity contribution in [1.82, 2.24) is 10.6 Å². The van der Waals surface area contributed by atoms with Crippen molar-refractivity contribution in [2.75, 3.05) is 18.1 Å². The van der Waals surface area contributed by atoms with Crippen LogP contribution in [0, 0.1) is 5.92 Å². The summed E-state index contributed by atoms with van der Waals surface area (Å²) in [5, 5.41) is 7.83. The zero-order valence-electron chi connectivity index (χ0n) is 13.3. The van der Waals surface area contributed by atoms with Gasteiger partial charge in [0.2, 0.25) is 0 Å². The first kappa shape index (κ1) is 17.8. The van der Waals surface area contributed by atoms with Crippen LogP contribution in [0.25, 0.3) is 0 Å². The van der Waals surface area contributed by atoms with E-state index in [2.05, 4.69) is 15.6 Å². The van der Waals surface area contributed by atoms with Gasteiger partial charge in [-0.1, -0.05) is 29.3 Å². The Morgan fingerprint density at radius 2 is 2.04 bits per heavy atom. The molecule has 0 aromatic heterocycles. The Kier molecular flexibility index (Phi) is 5.57. The first-order valence-corrected chi connectivity index (χ1v) is 10.7. The van der Waals surface area contributed by atoms with Gasteiger partial charge in [-0.2, -0.15) is 0 Å². The first-order chi connectivity index (χ1) is 11.4. The lowest BCUT2D eigenvalue weighted by atomic mass is 10.1. The number of sulfone groups is 1. The molecule has 1 atom stereocenters. The average Bonchev–Trinajstić information content (AvgIpc) is 3.26. The highest BCUT2D eigenvalue weighted by atomic mass is 35.5. The zero-order chi connectivity index (χ0) is 17.2. The number of nitrogens with one attached hydrogen (secondary N) is 2. The summed E-state index contributed by atoms with van der Waals surface area (Å²) < 4.78 is 23.1. The van der Waals surface area contributed by atoms with E-state index in [0.717, 1.165) is 24.8 Å². The smallest absolute Gasteiger partial charge is 0.191 e. The van der Waals surface area contributed by atoms with Crippen LogP contribution < -0.4 is 10.6 Å². The summed E-state index contributed by atoms with van der Waals surface area (Å²) in [5.74, 6) is 1.43. The van der Waals surface area contributed by atoms with Crippen molar-refractivity contribution in [2.24, 2.45) is 10.9 Å². The van der Waals surface area contributed by atoms with E-state index in [1.807, 2.05) is 6.07 Å². The highest BCUT2D eigenvalue weighted by molar-refractivity contribution is 7.91.